The average molecular weight is 329 g/mol. The van der Waals surface area contributed by atoms with E-state index in [0.29, 0.717) is 30.4 Å². The molecule has 0 unspecified atom stereocenters. The molecule has 0 radical (unpaired) electrons. The summed E-state index contributed by atoms with van der Waals surface area (Å²) in [5.41, 5.74) is 4.81. The van der Waals surface area contributed by atoms with Gasteiger partial charge in [0.05, 0.1) is 6.61 Å². The monoisotopic (exact) mass is 329 g/mol. The largest absolute Gasteiger partial charge is 0.461 e. The number of hydrogen-bond donors (Lipinski definition) is 0. The number of carbonyl (C=O) groups is 1. The van der Waals surface area contributed by atoms with Crippen LogP contribution in [0.5, 0.6) is 0 Å². The summed E-state index contributed by atoms with van der Waals surface area (Å²) >= 11 is 0. The van der Waals surface area contributed by atoms with Gasteiger partial charge in [0.1, 0.15) is 5.76 Å². The first-order chi connectivity index (χ1) is 11.1. The van der Waals surface area contributed by atoms with E-state index in [1.165, 1.54) is 22.3 Å². The van der Waals surface area contributed by atoms with Crippen LogP contribution in [0.25, 0.3) is 0 Å². The summed E-state index contributed by atoms with van der Waals surface area (Å²) in [4.78, 5) is 16.7. The summed E-state index contributed by atoms with van der Waals surface area (Å²) in [5, 5.41) is 0. The molecule has 0 fully saturated rings. The van der Waals surface area contributed by atoms with E-state index in [1.54, 1.807) is 6.92 Å². The Morgan fingerprint density at radius 3 is 2.25 bits per heavy atom. The van der Waals surface area contributed by atoms with Crippen LogP contribution in [0.3, 0.4) is 0 Å². The van der Waals surface area contributed by atoms with E-state index in [9.17, 15) is 4.79 Å². The summed E-state index contributed by atoms with van der Waals surface area (Å²) in [6.45, 7) is 14.4. The minimum atomic E-state index is -0.422. The van der Waals surface area contributed by atoms with E-state index in [-0.39, 0.29) is 5.41 Å². The minimum Gasteiger partial charge on any atom is -0.461 e. The molecule has 0 saturated carbocycles. The molecular formula is C20H27NO3. The van der Waals surface area contributed by atoms with Crippen LogP contribution in [0.15, 0.2) is 16.5 Å². The van der Waals surface area contributed by atoms with Crippen LogP contribution in [0, 0.1) is 20.8 Å². The lowest BCUT2D eigenvalue weighted by Crippen LogP contribution is -2.13. The van der Waals surface area contributed by atoms with Crippen LogP contribution in [0.2, 0.25) is 0 Å². The zero-order valence-electron chi connectivity index (χ0n) is 15.7. The first-order valence-corrected chi connectivity index (χ1v) is 8.37. The van der Waals surface area contributed by atoms with Crippen molar-refractivity contribution in [1.82, 2.24) is 4.98 Å². The molecule has 2 rings (SSSR count). The Morgan fingerprint density at radius 1 is 1.17 bits per heavy atom. The van der Waals surface area contributed by atoms with Gasteiger partial charge >= 0.3 is 5.97 Å². The maximum absolute atomic E-state index is 12.3. The standard InChI is InChI=1S/C20H27NO3/c1-8-23-18(22)17-16(24-19(21-17)20(5,6)7)11-15-13(3)9-12(2)10-14(15)4/h9-10H,8,11H2,1-7H3. The molecule has 1 heterocycles. The van der Waals surface area contributed by atoms with Gasteiger partial charge in [-0.05, 0) is 44.4 Å². The number of rotatable bonds is 4. The summed E-state index contributed by atoms with van der Waals surface area (Å²) < 4.78 is 11.1. The molecule has 0 atom stereocenters. The Labute approximate surface area is 144 Å². The van der Waals surface area contributed by atoms with Gasteiger partial charge in [0.25, 0.3) is 0 Å². The van der Waals surface area contributed by atoms with Crippen molar-refractivity contribution in [2.24, 2.45) is 0 Å². The van der Waals surface area contributed by atoms with Crippen LogP contribution >= 0.6 is 0 Å². The molecule has 24 heavy (non-hydrogen) atoms. The summed E-state index contributed by atoms with van der Waals surface area (Å²) in [6, 6.07) is 4.29. The highest BCUT2D eigenvalue weighted by Gasteiger charge is 2.28. The average Bonchev–Trinajstić information content (AvgIpc) is 2.87. The van der Waals surface area contributed by atoms with Crippen molar-refractivity contribution in [3.63, 3.8) is 0 Å². The van der Waals surface area contributed by atoms with Crippen LogP contribution in [-0.2, 0) is 16.6 Å². The molecule has 0 amide bonds. The zero-order valence-corrected chi connectivity index (χ0v) is 15.7. The van der Waals surface area contributed by atoms with Crippen LogP contribution in [0.4, 0.5) is 0 Å². The molecule has 0 aliphatic heterocycles. The third-order valence-electron chi connectivity index (χ3n) is 3.99. The van der Waals surface area contributed by atoms with Gasteiger partial charge in [0.15, 0.2) is 5.69 Å². The Hall–Kier alpha value is -2.10. The number of aromatic nitrogens is 1. The lowest BCUT2D eigenvalue weighted by molar-refractivity contribution is 0.0518. The fraction of sp³-hybridized carbons (Fsp3) is 0.500. The normalized spacial score (nSPS) is 11.6. The lowest BCUT2D eigenvalue weighted by atomic mass is 9.96. The second kappa shape index (κ2) is 6.80. The summed E-state index contributed by atoms with van der Waals surface area (Å²) in [7, 11) is 0. The quantitative estimate of drug-likeness (QED) is 0.765. The Balaban J connectivity index is 2.49. The smallest absolute Gasteiger partial charge is 0.360 e. The molecule has 130 valence electrons. The van der Waals surface area contributed by atoms with Crippen molar-refractivity contribution >= 4 is 5.97 Å². The predicted molar refractivity (Wildman–Crippen MR) is 94.6 cm³/mol. The molecule has 0 saturated heterocycles. The van der Waals surface area contributed by atoms with Gasteiger partial charge < -0.3 is 9.15 Å². The highest BCUT2D eigenvalue weighted by molar-refractivity contribution is 5.88. The number of carbonyl (C=O) groups excluding carboxylic acids is 1. The van der Waals surface area contributed by atoms with Gasteiger partial charge in [-0.2, -0.15) is 0 Å². The third kappa shape index (κ3) is 3.86. The van der Waals surface area contributed by atoms with E-state index >= 15 is 0 Å². The first kappa shape index (κ1) is 18.2. The summed E-state index contributed by atoms with van der Waals surface area (Å²) in [5.74, 6) is 0.713. The molecule has 2 aromatic rings. The number of esters is 1. The Bertz CT molecular complexity index is 728. The Morgan fingerprint density at radius 2 is 1.75 bits per heavy atom. The predicted octanol–water partition coefficient (Wildman–Crippen LogP) is 4.66. The van der Waals surface area contributed by atoms with E-state index < -0.39 is 5.97 Å². The molecular weight excluding hydrogens is 302 g/mol. The number of aryl methyl sites for hydroxylation is 3. The van der Waals surface area contributed by atoms with Crippen molar-refractivity contribution in [2.75, 3.05) is 6.61 Å². The number of hydrogen-bond acceptors (Lipinski definition) is 4. The summed E-state index contributed by atoms with van der Waals surface area (Å²) in [6.07, 6.45) is 0.537. The van der Waals surface area contributed by atoms with Gasteiger partial charge in [-0.15, -0.1) is 0 Å². The van der Waals surface area contributed by atoms with Gasteiger partial charge in [-0.3, -0.25) is 0 Å². The molecule has 1 aromatic carbocycles. The number of ether oxygens (including phenoxy) is 1. The molecule has 1 aromatic heterocycles. The van der Waals surface area contributed by atoms with Crippen molar-refractivity contribution in [1.29, 1.82) is 0 Å². The topological polar surface area (TPSA) is 52.3 Å². The highest BCUT2D eigenvalue weighted by Crippen LogP contribution is 2.28. The van der Waals surface area contributed by atoms with E-state index in [2.05, 4.69) is 37.9 Å². The van der Waals surface area contributed by atoms with Crippen molar-refractivity contribution in [3.05, 3.63) is 51.7 Å². The minimum absolute atomic E-state index is 0.267. The van der Waals surface area contributed by atoms with Crippen molar-refractivity contribution < 1.29 is 13.9 Å². The Kier molecular flexibility index (Phi) is 5.16. The second-order valence-electron chi connectivity index (χ2n) is 7.32. The molecule has 4 nitrogen and oxygen atoms in total. The van der Waals surface area contributed by atoms with E-state index in [4.69, 9.17) is 9.15 Å². The molecule has 0 bridgehead atoms. The fourth-order valence-electron chi connectivity index (χ4n) is 2.80. The molecule has 0 spiro atoms. The van der Waals surface area contributed by atoms with Gasteiger partial charge in [-0.25, -0.2) is 9.78 Å². The lowest BCUT2D eigenvalue weighted by Gasteiger charge is -2.12. The number of nitrogens with zero attached hydrogens (tertiary/aromatic N) is 1. The fourth-order valence-corrected chi connectivity index (χ4v) is 2.80. The maximum atomic E-state index is 12.3. The van der Waals surface area contributed by atoms with Crippen LogP contribution in [0.1, 0.15) is 72.1 Å². The number of benzene rings is 1. The molecule has 4 heteroatoms. The molecule has 0 aliphatic carbocycles. The SMILES string of the molecule is CCOC(=O)c1nc(C(C)(C)C)oc1Cc1c(C)cc(C)cc1C. The van der Waals surface area contributed by atoms with Gasteiger partial charge in [-0.1, -0.05) is 38.5 Å². The number of oxazole rings is 1. The van der Waals surface area contributed by atoms with E-state index in [0.717, 1.165) is 0 Å². The van der Waals surface area contributed by atoms with Crippen molar-refractivity contribution in [2.45, 2.75) is 60.3 Å². The van der Waals surface area contributed by atoms with Gasteiger partial charge in [0, 0.05) is 11.8 Å². The highest BCUT2D eigenvalue weighted by atomic mass is 16.5. The molecule has 0 aliphatic rings. The molecule has 0 N–H and O–H groups in total. The van der Waals surface area contributed by atoms with Crippen LogP contribution in [-0.4, -0.2) is 17.6 Å². The maximum Gasteiger partial charge on any atom is 0.360 e. The zero-order chi connectivity index (χ0) is 18.1. The van der Waals surface area contributed by atoms with Gasteiger partial charge in [0.2, 0.25) is 5.89 Å². The third-order valence-corrected chi connectivity index (χ3v) is 3.99. The van der Waals surface area contributed by atoms with E-state index in [1.807, 2.05) is 20.8 Å². The second-order valence-corrected chi connectivity index (χ2v) is 7.32. The van der Waals surface area contributed by atoms with Crippen molar-refractivity contribution in [3.8, 4) is 0 Å². The first-order valence-electron chi connectivity index (χ1n) is 8.37. The van der Waals surface area contributed by atoms with Crippen LogP contribution < -0.4 is 0 Å².